The molecule has 2 aromatic rings. The van der Waals surface area contributed by atoms with E-state index in [0.717, 1.165) is 27.5 Å². The van der Waals surface area contributed by atoms with Gasteiger partial charge in [0, 0.05) is 0 Å². The Labute approximate surface area is 114 Å². The van der Waals surface area contributed by atoms with E-state index in [1.165, 1.54) is 0 Å². The minimum atomic E-state index is 0.739. The Balaban J connectivity index is 0.000000861. The summed E-state index contributed by atoms with van der Waals surface area (Å²) in [4.78, 5) is 9.10. The van der Waals surface area contributed by atoms with Crippen LogP contribution < -0.4 is 15.4 Å². The molecular formula is C16H20N2O. The number of para-hydroxylation sites is 1. The molecule has 0 aliphatic heterocycles. The Hall–Kier alpha value is -2.16. The van der Waals surface area contributed by atoms with Crippen molar-refractivity contribution >= 4 is 23.2 Å². The van der Waals surface area contributed by atoms with Crippen molar-refractivity contribution in [3.8, 4) is 5.75 Å². The van der Waals surface area contributed by atoms with Crippen LogP contribution in [-0.4, -0.2) is 17.1 Å². The minimum Gasteiger partial charge on any atom is -0.494 e. The Morgan fingerprint density at radius 2 is 1.89 bits per heavy atom. The van der Waals surface area contributed by atoms with E-state index in [1.54, 1.807) is 13.2 Å². The highest BCUT2D eigenvalue weighted by atomic mass is 16.5. The molecule has 19 heavy (non-hydrogen) atoms. The molecule has 3 nitrogen and oxygen atoms in total. The summed E-state index contributed by atoms with van der Waals surface area (Å²) >= 11 is 0. The zero-order valence-electron chi connectivity index (χ0n) is 12.0. The fourth-order valence-corrected chi connectivity index (χ4v) is 1.69. The van der Waals surface area contributed by atoms with Crippen LogP contribution in [0.25, 0.3) is 23.2 Å². The van der Waals surface area contributed by atoms with Crippen LogP contribution in [-0.2, 0) is 0 Å². The van der Waals surface area contributed by atoms with Gasteiger partial charge in [-0.1, -0.05) is 38.6 Å². The third-order valence-corrected chi connectivity index (χ3v) is 2.48. The molecule has 100 valence electrons. The van der Waals surface area contributed by atoms with Crippen molar-refractivity contribution in [1.82, 2.24) is 9.97 Å². The number of methoxy groups -OCH3 is 1. The minimum absolute atomic E-state index is 0.739. The van der Waals surface area contributed by atoms with Gasteiger partial charge in [-0.2, -0.15) is 0 Å². The molecular weight excluding hydrogens is 236 g/mol. The van der Waals surface area contributed by atoms with Gasteiger partial charge in [0.05, 0.1) is 23.3 Å². The standard InChI is InChI=1S/C14H14N2O.C2H6/c1-4-7-11-10(5-2)16-14-12(15-11)8-6-9-13(14)17-3;1-2/h4-9H,1H2,2-3H3;1-2H3/b10-5+,11-7+;. The summed E-state index contributed by atoms with van der Waals surface area (Å²) in [5, 5.41) is 1.66. The van der Waals surface area contributed by atoms with Gasteiger partial charge in [-0.15, -0.1) is 0 Å². The van der Waals surface area contributed by atoms with E-state index in [2.05, 4.69) is 16.5 Å². The van der Waals surface area contributed by atoms with E-state index in [9.17, 15) is 0 Å². The maximum atomic E-state index is 5.28. The quantitative estimate of drug-likeness (QED) is 0.827. The maximum Gasteiger partial charge on any atom is 0.146 e. The van der Waals surface area contributed by atoms with E-state index in [4.69, 9.17) is 4.74 Å². The SMILES string of the molecule is C=C/C=c1/nc2cccc(OC)c2n/c1=C/C.CC. The molecule has 1 aromatic heterocycles. The molecule has 0 aliphatic rings. The molecule has 0 radical (unpaired) electrons. The largest absolute Gasteiger partial charge is 0.494 e. The van der Waals surface area contributed by atoms with Gasteiger partial charge < -0.3 is 4.74 Å². The molecule has 3 heteroatoms. The van der Waals surface area contributed by atoms with Crippen LogP contribution in [0.2, 0.25) is 0 Å². The van der Waals surface area contributed by atoms with E-state index in [0.29, 0.717) is 0 Å². The van der Waals surface area contributed by atoms with Gasteiger partial charge in [0.2, 0.25) is 0 Å². The van der Waals surface area contributed by atoms with Crippen molar-refractivity contribution in [3.05, 3.63) is 41.6 Å². The van der Waals surface area contributed by atoms with E-state index >= 15 is 0 Å². The lowest BCUT2D eigenvalue weighted by Gasteiger charge is -2.03. The molecule has 1 aromatic carbocycles. The molecule has 0 spiro atoms. The third-order valence-electron chi connectivity index (χ3n) is 2.48. The van der Waals surface area contributed by atoms with Crippen molar-refractivity contribution in [2.24, 2.45) is 0 Å². The predicted molar refractivity (Wildman–Crippen MR) is 81.5 cm³/mol. The molecule has 1 heterocycles. The van der Waals surface area contributed by atoms with Crippen LogP contribution in [0.15, 0.2) is 30.9 Å². The summed E-state index contributed by atoms with van der Waals surface area (Å²) in [6.45, 7) is 9.62. The number of aromatic nitrogens is 2. The average Bonchev–Trinajstić information content (AvgIpc) is 2.48. The van der Waals surface area contributed by atoms with Crippen molar-refractivity contribution < 1.29 is 4.74 Å². The molecule has 0 N–H and O–H groups in total. The molecule has 0 bridgehead atoms. The summed E-state index contributed by atoms with van der Waals surface area (Å²) in [5.74, 6) is 0.739. The Morgan fingerprint density at radius 3 is 2.47 bits per heavy atom. The van der Waals surface area contributed by atoms with Crippen LogP contribution in [0.5, 0.6) is 5.75 Å². The number of rotatable bonds is 2. The van der Waals surface area contributed by atoms with E-state index < -0.39 is 0 Å². The van der Waals surface area contributed by atoms with Gasteiger partial charge in [-0.05, 0) is 25.1 Å². The van der Waals surface area contributed by atoms with Crippen molar-refractivity contribution in [3.63, 3.8) is 0 Å². The van der Waals surface area contributed by atoms with Crippen LogP contribution in [0.4, 0.5) is 0 Å². The van der Waals surface area contributed by atoms with Gasteiger partial charge >= 0.3 is 0 Å². The summed E-state index contributed by atoms with van der Waals surface area (Å²) in [5.41, 5.74) is 1.60. The lowest BCUT2D eigenvalue weighted by atomic mass is 10.2. The first-order valence-electron chi connectivity index (χ1n) is 6.40. The molecule has 0 fully saturated rings. The zero-order valence-corrected chi connectivity index (χ0v) is 12.0. The van der Waals surface area contributed by atoms with Crippen LogP contribution in [0, 0.1) is 0 Å². The fourth-order valence-electron chi connectivity index (χ4n) is 1.69. The number of fused-ring (bicyclic) bond motifs is 1. The maximum absolute atomic E-state index is 5.28. The van der Waals surface area contributed by atoms with E-state index in [-0.39, 0.29) is 0 Å². The summed E-state index contributed by atoms with van der Waals surface area (Å²) in [7, 11) is 1.63. The molecule has 0 aliphatic carbocycles. The second kappa shape index (κ2) is 7.31. The Morgan fingerprint density at radius 1 is 1.16 bits per heavy atom. The van der Waals surface area contributed by atoms with Gasteiger partial charge in [-0.3, -0.25) is 0 Å². The highest BCUT2D eigenvalue weighted by Gasteiger charge is 2.03. The molecule has 0 amide bonds. The monoisotopic (exact) mass is 256 g/mol. The highest BCUT2D eigenvalue weighted by molar-refractivity contribution is 5.80. The smallest absolute Gasteiger partial charge is 0.146 e. The number of benzene rings is 1. The normalized spacial score (nSPS) is 12.0. The predicted octanol–water partition coefficient (Wildman–Crippen LogP) is 2.43. The van der Waals surface area contributed by atoms with E-state index in [1.807, 2.05) is 51.1 Å². The van der Waals surface area contributed by atoms with Crippen LogP contribution in [0.1, 0.15) is 20.8 Å². The molecule has 0 saturated heterocycles. The van der Waals surface area contributed by atoms with Gasteiger partial charge in [0.1, 0.15) is 11.3 Å². The number of hydrogen-bond acceptors (Lipinski definition) is 3. The second-order valence-corrected chi connectivity index (χ2v) is 3.51. The first-order valence-corrected chi connectivity index (χ1v) is 6.40. The summed E-state index contributed by atoms with van der Waals surface area (Å²) < 4.78 is 5.28. The first-order chi connectivity index (χ1) is 9.30. The number of ether oxygens (including phenoxy) is 1. The zero-order chi connectivity index (χ0) is 14.3. The number of allylic oxidation sites excluding steroid dienone is 1. The summed E-state index contributed by atoms with van der Waals surface area (Å²) in [6.07, 6.45) is 5.48. The molecule has 0 unspecified atom stereocenters. The Kier molecular flexibility index (Phi) is 5.73. The highest BCUT2D eigenvalue weighted by Crippen LogP contribution is 2.19. The van der Waals surface area contributed by atoms with Gasteiger partial charge in [0.25, 0.3) is 0 Å². The van der Waals surface area contributed by atoms with Crippen LogP contribution >= 0.6 is 0 Å². The molecule has 2 rings (SSSR count). The van der Waals surface area contributed by atoms with Crippen LogP contribution in [0.3, 0.4) is 0 Å². The summed E-state index contributed by atoms with van der Waals surface area (Å²) in [6, 6.07) is 5.71. The van der Waals surface area contributed by atoms with Gasteiger partial charge in [0.15, 0.2) is 0 Å². The fraction of sp³-hybridized carbons (Fsp3) is 0.250. The first kappa shape index (κ1) is 14.9. The lowest BCUT2D eigenvalue weighted by Crippen LogP contribution is -2.31. The number of nitrogens with zero attached hydrogens (tertiary/aromatic N) is 2. The third kappa shape index (κ3) is 3.19. The molecule has 0 atom stereocenters. The number of hydrogen-bond donors (Lipinski definition) is 0. The topological polar surface area (TPSA) is 35.0 Å². The van der Waals surface area contributed by atoms with Crippen molar-refractivity contribution in [1.29, 1.82) is 0 Å². The molecule has 0 saturated carbocycles. The van der Waals surface area contributed by atoms with Crippen molar-refractivity contribution in [2.75, 3.05) is 7.11 Å². The lowest BCUT2D eigenvalue weighted by molar-refractivity contribution is 0.418. The average molecular weight is 256 g/mol. The van der Waals surface area contributed by atoms with Crippen molar-refractivity contribution in [2.45, 2.75) is 20.8 Å². The Bertz CT molecular complexity index is 675. The van der Waals surface area contributed by atoms with Gasteiger partial charge in [-0.25, -0.2) is 9.97 Å². The second-order valence-electron chi connectivity index (χ2n) is 3.51.